The average molecular weight is 416 g/mol. The molecule has 0 spiro atoms. The number of benzene rings is 1. The van der Waals surface area contributed by atoms with Crippen molar-refractivity contribution < 1.29 is 9.59 Å². The number of carbonyl (C=O) groups excluding carboxylic acids is 2. The number of fused-ring (bicyclic) bond motifs is 4. The summed E-state index contributed by atoms with van der Waals surface area (Å²) >= 11 is 0. The zero-order chi connectivity index (χ0) is 21.7. The van der Waals surface area contributed by atoms with E-state index in [1.807, 2.05) is 30.9 Å². The van der Waals surface area contributed by atoms with Gasteiger partial charge in [0.25, 0.3) is 5.91 Å². The number of hydrogen-bond donors (Lipinski definition) is 2. The van der Waals surface area contributed by atoms with Gasteiger partial charge in [0.15, 0.2) is 5.65 Å². The summed E-state index contributed by atoms with van der Waals surface area (Å²) in [4.78, 5) is 34.6. The first kappa shape index (κ1) is 19.3. The van der Waals surface area contributed by atoms with Crippen molar-refractivity contribution in [3.63, 3.8) is 0 Å². The molecule has 8 nitrogen and oxygen atoms in total. The van der Waals surface area contributed by atoms with E-state index in [0.29, 0.717) is 30.6 Å². The molecule has 0 bridgehead atoms. The van der Waals surface area contributed by atoms with E-state index in [2.05, 4.69) is 27.2 Å². The van der Waals surface area contributed by atoms with Gasteiger partial charge in [-0.1, -0.05) is 18.2 Å². The number of nitrogens with zero attached hydrogens (tertiary/aromatic N) is 4. The fraction of sp³-hybridized carbons (Fsp3) is 0.304. The van der Waals surface area contributed by atoms with Crippen LogP contribution in [-0.2, 0) is 24.2 Å². The molecule has 3 N–H and O–H groups in total. The Kier molecular flexibility index (Phi) is 4.50. The molecule has 31 heavy (non-hydrogen) atoms. The highest BCUT2D eigenvalue weighted by atomic mass is 16.2. The lowest BCUT2D eigenvalue weighted by atomic mass is 10.0. The summed E-state index contributed by atoms with van der Waals surface area (Å²) in [7, 11) is 0. The topological polar surface area (TPSA) is 109 Å². The van der Waals surface area contributed by atoms with E-state index in [4.69, 9.17) is 5.73 Å². The monoisotopic (exact) mass is 416 g/mol. The summed E-state index contributed by atoms with van der Waals surface area (Å²) in [5.74, 6) is -0.418. The third-order valence-electron chi connectivity index (χ3n) is 6.30. The fourth-order valence-electron chi connectivity index (χ4n) is 4.62. The lowest BCUT2D eigenvalue weighted by Crippen LogP contribution is -2.36. The van der Waals surface area contributed by atoms with Gasteiger partial charge in [-0.25, -0.2) is 9.50 Å². The van der Waals surface area contributed by atoms with E-state index in [9.17, 15) is 9.59 Å². The highest BCUT2D eigenvalue weighted by Gasteiger charge is 2.24. The number of hydrogen-bond acceptors (Lipinski definition) is 4. The minimum absolute atomic E-state index is 0.133. The van der Waals surface area contributed by atoms with Crippen molar-refractivity contribution in [2.24, 2.45) is 5.73 Å². The summed E-state index contributed by atoms with van der Waals surface area (Å²) in [5.41, 5.74) is 12.4. The van der Waals surface area contributed by atoms with Crippen molar-refractivity contribution in [1.29, 1.82) is 0 Å². The molecule has 1 aliphatic rings. The highest BCUT2D eigenvalue weighted by molar-refractivity contribution is 5.98. The van der Waals surface area contributed by atoms with E-state index in [0.717, 1.165) is 35.4 Å². The number of aromatic nitrogens is 4. The first-order chi connectivity index (χ1) is 14.9. The van der Waals surface area contributed by atoms with Gasteiger partial charge in [-0.15, -0.1) is 0 Å². The van der Waals surface area contributed by atoms with Gasteiger partial charge < -0.3 is 15.6 Å². The average Bonchev–Trinajstić information content (AvgIpc) is 3.34. The van der Waals surface area contributed by atoms with Crippen LogP contribution in [0.2, 0.25) is 0 Å². The van der Waals surface area contributed by atoms with E-state index >= 15 is 0 Å². The quantitative estimate of drug-likeness (QED) is 0.532. The van der Waals surface area contributed by atoms with Gasteiger partial charge in [0, 0.05) is 59.5 Å². The van der Waals surface area contributed by atoms with Crippen molar-refractivity contribution in [1.82, 2.24) is 24.5 Å². The third kappa shape index (κ3) is 3.15. The molecular formula is C23H24N6O2. The molecule has 0 atom stereocenters. The lowest BCUT2D eigenvalue weighted by Gasteiger charge is -2.27. The second-order valence-electron chi connectivity index (χ2n) is 8.11. The SMILES string of the molecule is Cc1nc2c(C(N)=O)cnn2c(C)c1CCC(=O)N1CCc2[nH]c3ccccc3c2C1. The molecule has 4 aromatic rings. The Hall–Kier alpha value is -3.68. The summed E-state index contributed by atoms with van der Waals surface area (Å²) in [6, 6.07) is 8.24. The lowest BCUT2D eigenvalue weighted by molar-refractivity contribution is -0.132. The molecule has 8 heteroatoms. The first-order valence-electron chi connectivity index (χ1n) is 10.4. The van der Waals surface area contributed by atoms with Crippen molar-refractivity contribution in [3.8, 4) is 0 Å². The zero-order valence-corrected chi connectivity index (χ0v) is 17.6. The number of primary amides is 1. The molecule has 0 radical (unpaired) electrons. The number of aromatic amines is 1. The summed E-state index contributed by atoms with van der Waals surface area (Å²) in [6.07, 6.45) is 3.25. The number of nitrogens with one attached hydrogen (secondary N) is 1. The van der Waals surface area contributed by atoms with Crippen molar-refractivity contribution in [3.05, 3.63) is 64.2 Å². The highest BCUT2D eigenvalue weighted by Crippen LogP contribution is 2.28. The second kappa shape index (κ2) is 7.23. The fourth-order valence-corrected chi connectivity index (χ4v) is 4.62. The molecular weight excluding hydrogens is 392 g/mol. The summed E-state index contributed by atoms with van der Waals surface area (Å²) in [5, 5.41) is 5.46. The van der Waals surface area contributed by atoms with E-state index in [1.165, 1.54) is 22.8 Å². The predicted molar refractivity (Wildman–Crippen MR) is 117 cm³/mol. The molecule has 3 aromatic heterocycles. The molecule has 1 aromatic carbocycles. The van der Waals surface area contributed by atoms with Gasteiger partial charge >= 0.3 is 0 Å². The van der Waals surface area contributed by atoms with Crippen LogP contribution >= 0.6 is 0 Å². The maximum atomic E-state index is 13.0. The molecule has 5 rings (SSSR count). The van der Waals surface area contributed by atoms with Gasteiger partial charge in [0.1, 0.15) is 5.56 Å². The van der Waals surface area contributed by atoms with Crippen LogP contribution in [0.25, 0.3) is 16.6 Å². The Bertz CT molecular complexity index is 1350. The first-order valence-corrected chi connectivity index (χ1v) is 10.4. The molecule has 158 valence electrons. The van der Waals surface area contributed by atoms with Crippen LogP contribution in [-0.4, -0.2) is 42.8 Å². The van der Waals surface area contributed by atoms with Crippen LogP contribution in [0.5, 0.6) is 0 Å². The van der Waals surface area contributed by atoms with Gasteiger partial charge in [0.2, 0.25) is 5.91 Å². The van der Waals surface area contributed by atoms with E-state index in [-0.39, 0.29) is 5.91 Å². The molecule has 0 fully saturated rings. The van der Waals surface area contributed by atoms with Crippen LogP contribution in [0.1, 0.15) is 45.0 Å². The van der Waals surface area contributed by atoms with Gasteiger partial charge in [-0.3, -0.25) is 9.59 Å². The number of H-pyrrole nitrogens is 1. The molecule has 4 heterocycles. The van der Waals surface area contributed by atoms with Crippen LogP contribution in [0.15, 0.2) is 30.5 Å². The summed E-state index contributed by atoms with van der Waals surface area (Å²) < 4.78 is 1.63. The predicted octanol–water partition coefficient (Wildman–Crippen LogP) is 2.44. The Morgan fingerprint density at radius 3 is 2.84 bits per heavy atom. The molecule has 2 amide bonds. The van der Waals surface area contributed by atoms with Gasteiger partial charge in [0.05, 0.1) is 6.20 Å². The normalized spacial score (nSPS) is 13.7. The molecule has 0 saturated carbocycles. The van der Waals surface area contributed by atoms with Crippen LogP contribution in [0.3, 0.4) is 0 Å². The number of nitrogens with two attached hydrogens (primary N) is 1. The Labute approximate surface area is 179 Å². The number of para-hydroxylation sites is 1. The minimum Gasteiger partial charge on any atom is -0.365 e. The van der Waals surface area contributed by atoms with Crippen LogP contribution < -0.4 is 5.73 Å². The van der Waals surface area contributed by atoms with Gasteiger partial charge in [-0.05, 0) is 31.9 Å². The number of amides is 2. The largest absolute Gasteiger partial charge is 0.365 e. The number of rotatable bonds is 4. The molecule has 0 aliphatic carbocycles. The van der Waals surface area contributed by atoms with Crippen LogP contribution in [0, 0.1) is 13.8 Å². The molecule has 0 unspecified atom stereocenters. The molecule has 0 saturated heterocycles. The van der Waals surface area contributed by atoms with Crippen LogP contribution in [0.4, 0.5) is 0 Å². The smallest absolute Gasteiger partial charge is 0.254 e. The Morgan fingerprint density at radius 2 is 2.03 bits per heavy atom. The Morgan fingerprint density at radius 1 is 1.23 bits per heavy atom. The van der Waals surface area contributed by atoms with Crippen molar-refractivity contribution in [2.45, 2.75) is 39.7 Å². The standard InChI is InChI=1S/C23H24N6O2/c1-13-15(14(2)29-23(26-13)17(11-25-29)22(24)31)7-8-21(30)28-10-9-20-18(12-28)16-5-3-4-6-19(16)27-20/h3-6,11,27H,7-10,12H2,1-2H3,(H2,24,31). The maximum absolute atomic E-state index is 13.0. The van der Waals surface area contributed by atoms with Crippen molar-refractivity contribution >= 4 is 28.4 Å². The number of aryl methyl sites for hydroxylation is 2. The Balaban J connectivity index is 1.35. The maximum Gasteiger partial charge on any atom is 0.254 e. The minimum atomic E-state index is -0.550. The summed E-state index contributed by atoms with van der Waals surface area (Å²) in [6.45, 7) is 5.17. The van der Waals surface area contributed by atoms with Crippen molar-refractivity contribution in [2.75, 3.05) is 6.54 Å². The van der Waals surface area contributed by atoms with E-state index < -0.39 is 5.91 Å². The van der Waals surface area contributed by atoms with E-state index in [1.54, 1.807) is 4.52 Å². The second-order valence-corrected chi connectivity index (χ2v) is 8.11. The zero-order valence-electron chi connectivity index (χ0n) is 17.6. The molecule has 1 aliphatic heterocycles. The number of carbonyl (C=O) groups is 2. The van der Waals surface area contributed by atoms with Gasteiger partial charge in [-0.2, -0.15) is 5.10 Å². The third-order valence-corrected chi connectivity index (χ3v) is 6.30.